The van der Waals surface area contributed by atoms with Crippen LogP contribution in [0.5, 0.6) is 5.75 Å². The van der Waals surface area contributed by atoms with Crippen molar-refractivity contribution in [2.45, 2.75) is 52.4 Å². The lowest BCUT2D eigenvalue weighted by Gasteiger charge is -2.24. The Bertz CT molecular complexity index is 503. The van der Waals surface area contributed by atoms with Crippen LogP contribution in [0.1, 0.15) is 56.7 Å². The summed E-state index contributed by atoms with van der Waals surface area (Å²) in [5.41, 5.74) is 2.64. The number of phenolic OH excluding ortho intramolecular Hbond substituents is 1. The molecule has 0 aromatic heterocycles. The van der Waals surface area contributed by atoms with E-state index in [0.29, 0.717) is 12.2 Å². The topological polar surface area (TPSA) is 69.6 Å². The number of amides is 1. The molecule has 0 spiro atoms. The summed E-state index contributed by atoms with van der Waals surface area (Å²) in [6.07, 6.45) is 0.369. The number of aliphatic hydroxyl groups excluding tert-OH is 1. The van der Waals surface area contributed by atoms with Gasteiger partial charge < -0.3 is 15.5 Å². The molecule has 1 aromatic carbocycles. The predicted octanol–water partition coefficient (Wildman–Crippen LogP) is 2.60. The second-order valence-corrected chi connectivity index (χ2v) is 6.66. The largest absolute Gasteiger partial charge is 0.507 e. The monoisotopic (exact) mass is 293 g/mol. The number of hydrogen-bond acceptors (Lipinski definition) is 3. The highest BCUT2D eigenvalue weighted by Crippen LogP contribution is 2.36. The lowest BCUT2D eigenvalue weighted by molar-refractivity contribution is -0.121. The Labute approximate surface area is 127 Å². The van der Waals surface area contributed by atoms with Gasteiger partial charge in [-0.2, -0.15) is 0 Å². The van der Waals surface area contributed by atoms with Gasteiger partial charge in [-0.1, -0.05) is 39.8 Å². The molecule has 0 saturated carbocycles. The molecule has 3 N–H and O–H groups in total. The van der Waals surface area contributed by atoms with Gasteiger partial charge in [-0.3, -0.25) is 4.79 Å². The normalized spacial score (nSPS) is 13.0. The van der Waals surface area contributed by atoms with E-state index in [9.17, 15) is 9.90 Å². The molecule has 0 aliphatic rings. The van der Waals surface area contributed by atoms with E-state index in [1.54, 1.807) is 0 Å². The highest BCUT2D eigenvalue weighted by atomic mass is 16.3. The number of aryl methyl sites for hydroxylation is 1. The zero-order valence-corrected chi connectivity index (χ0v) is 13.7. The van der Waals surface area contributed by atoms with E-state index < -0.39 is 0 Å². The van der Waals surface area contributed by atoms with Crippen LogP contribution in [0.3, 0.4) is 0 Å². The molecule has 0 heterocycles. The number of aromatic hydroxyl groups is 1. The molecule has 4 heteroatoms. The summed E-state index contributed by atoms with van der Waals surface area (Å²) in [5.74, 6) is 0.326. The quantitative estimate of drug-likeness (QED) is 0.781. The molecule has 1 unspecified atom stereocenters. The fourth-order valence-electron chi connectivity index (χ4n) is 2.33. The minimum Gasteiger partial charge on any atom is -0.507 e. The molecule has 0 aliphatic carbocycles. The molecule has 1 amide bonds. The van der Waals surface area contributed by atoms with E-state index in [0.717, 1.165) is 16.7 Å². The van der Waals surface area contributed by atoms with Crippen molar-refractivity contribution in [1.29, 1.82) is 0 Å². The first kappa shape index (κ1) is 17.5. The molecule has 0 bridgehead atoms. The third-order valence-corrected chi connectivity index (χ3v) is 3.63. The van der Waals surface area contributed by atoms with Crippen molar-refractivity contribution >= 4 is 5.91 Å². The summed E-state index contributed by atoms with van der Waals surface area (Å²) < 4.78 is 0. The summed E-state index contributed by atoms with van der Waals surface area (Å²) in [5, 5.41) is 21.6. The average molecular weight is 293 g/mol. The van der Waals surface area contributed by atoms with Crippen molar-refractivity contribution < 1.29 is 15.0 Å². The van der Waals surface area contributed by atoms with Crippen LogP contribution in [-0.4, -0.2) is 29.3 Å². The first-order chi connectivity index (χ1) is 9.66. The maximum absolute atomic E-state index is 11.7. The van der Waals surface area contributed by atoms with Crippen LogP contribution in [-0.2, 0) is 10.2 Å². The minimum atomic E-state index is -0.149. The summed E-state index contributed by atoms with van der Waals surface area (Å²) in [6, 6.07) is 3.93. The molecular formula is C17H27NO3. The Morgan fingerprint density at radius 3 is 2.48 bits per heavy atom. The SMILES string of the molecule is Cc1cc(C(C)CC(=O)NCCO)cc(C(C)(C)C)c1O. The zero-order chi connectivity index (χ0) is 16.2. The maximum atomic E-state index is 11.7. The van der Waals surface area contributed by atoms with Gasteiger partial charge in [0.05, 0.1) is 6.61 Å². The minimum absolute atomic E-state index is 0.0490. The number of carbonyl (C=O) groups excluding carboxylic acids is 1. The van der Waals surface area contributed by atoms with Gasteiger partial charge in [0.15, 0.2) is 0 Å². The standard InChI is InChI=1S/C17H27NO3/c1-11(9-15(20)18-6-7-19)13-8-12(2)16(21)14(10-13)17(3,4)5/h8,10-11,19,21H,6-7,9H2,1-5H3,(H,18,20). The van der Waals surface area contributed by atoms with Crippen molar-refractivity contribution in [3.8, 4) is 5.75 Å². The van der Waals surface area contributed by atoms with Crippen molar-refractivity contribution in [3.63, 3.8) is 0 Å². The fraction of sp³-hybridized carbons (Fsp3) is 0.588. The van der Waals surface area contributed by atoms with Gasteiger partial charge in [0, 0.05) is 13.0 Å². The molecule has 118 valence electrons. The molecule has 1 atom stereocenters. The summed E-state index contributed by atoms with van der Waals surface area (Å²) in [7, 11) is 0. The van der Waals surface area contributed by atoms with Crippen LogP contribution >= 0.6 is 0 Å². The van der Waals surface area contributed by atoms with Gasteiger partial charge >= 0.3 is 0 Å². The van der Waals surface area contributed by atoms with Crippen molar-refractivity contribution in [2.75, 3.05) is 13.2 Å². The van der Waals surface area contributed by atoms with Crippen LogP contribution in [0, 0.1) is 6.92 Å². The third-order valence-electron chi connectivity index (χ3n) is 3.63. The Morgan fingerprint density at radius 2 is 1.95 bits per heavy atom. The van der Waals surface area contributed by atoms with Gasteiger partial charge in [0.2, 0.25) is 5.91 Å². The van der Waals surface area contributed by atoms with Gasteiger partial charge in [0.25, 0.3) is 0 Å². The molecule has 4 nitrogen and oxygen atoms in total. The highest BCUT2D eigenvalue weighted by Gasteiger charge is 2.22. The number of benzene rings is 1. The van der Waals surface area contributed by atoms with Gasteiger partial charge in [-0.05, 0) is 34.9 Å². The van der Waals surface area contributed by atoms with Crippen molar-refractivity contribution in [2.24, 2.45) is 0 Å². The Hall–Kier alpha value is -1.55. The van der Waals surface area contributed by atoms with E-state index >= 15 is 0 Å². The van der Waals surface area contributed by atoms with E-state index in [2.05, 4.69) is 26.1 Å². The maximum Gasteiger partial charge on any atom is 0.220 e. The fourth-order valence-corrected chi connectivity index (χ4v) is 2.33. The van der Waals surface area contributed by atoms with Gasteiger partial charge in [-0.15, -0.1) is 0 Å². The third kappa shape index (κ3) is 4.74. The number of rotatable bonds is 5. The molecule has 0 radical (unpaired) electrons. The molecule has 1 aromatic rings. The number of nitrogens with one attached hydrogen (secondary N) is 1. The second-order valence-electron chi connectivity index (χ2n) is 6.66. The number of phenols is 1. The van der Waals surface area contributed by atoms with E-state index in [-0.39, 0.29) is 30.4 Å². The smallest absolute Gasteiger partial charge is 0.220 e. The van der Waals surface area contributed by atoms with Crippen molar-refractivity contribution in [3.05, 3.63) is 28.8 Å². The zero-order valence-electron chi connectivity index (χ0n) is 13.7. The van der Waals surface area contributed by atoms with Crippen LogP contribution < -0.4 is 5.32 Å². The van der Waals surface area contributed by atoms with E-state index in [1.165, 1.54) is 0 Å². The van der Waals surface area contributed by atoms with E-state index in [1.807, 2.05) is 26.0 Å². The van der Waals surface area contributed by atoms with Crippen LogP contribution in [0.2, 0.25) is 0 Å². The summed E-state index contributed by atoms with van der Waals surface area (Å²) >= 11 is 0. The number of aliphatic hydroxyl groups is 1. The Balaban J connectivity index is 2.98. The first-order valence-electron chi connectivity index (χ1n) is 7.38. The van der Waals surface area contributed by atoms with Gasteiger partial charge in [0.1, 0.15) is 5.75 Å². The highest BCUT2D eigenvalue weighted by molar-refractivity contribution is 5.76. The molecule has 0 aliphatic heterocycles. The summed E-state index contributed by atoms with van der Waals surface area (Å²) in [6.45, 7) is 10.3. The lowest BCUT2D eigenvalue weighted by atomic mass is 9.82. The molecular weight excluding hydrogens is 266 g/mol. The van der Waals surface area contributed by atoms with Crippen LogP contribution in [0.4, 0.5) is 0 Å². The molecule has 1 rings (SSSR count). The summed E-state index contributed by atoms with van der Waals surface area (Å²) in [4.78, 5) is 11.7. The van der Waals surface area contributed by atoms with Crippen LogP contribution in [0.25, 0.3) is 0 Å². The first-order valence-corrected chi connectivity index (χ1v) is 7.38. The molecule has 0 saturated heterocycles. The average Bonchev–Trinajstić information content (AvgIpc) is 2.37. The Kier molecular flexibility index (Phi) is 5.78. The van der Waals surface area contributed by atoms with Crippen molar-refractivity contribution in [1.82, 2.24) is 5.32 Å². The Morgan fingerprint density at radius 1 is 1.33 bits per heavy atom. The van der Waals surface area contributed by atoms with Gasteiger partial charge in [-0.25, -0.2) is 0 Å². The number of hydrogen-bond donors (Lipinski definition) is 3. The van der Waals surface area contributed by atoms with Crippen LogP contribution in [0.15, 0.2) is 12.1 Å². The number of carbonyl (C=O) groups is 1. The second kappa shape index (κ2) is 6.94. The lowest BCUT2D eigenvalue weighted by Crippen LogP contribution is -2.27. The van der Waals surface area contributed by atoms with E-state index in [4.69, 9.17) is 5.11 Å². The molecule has 21 heavy (non-hydrogen) atoms. The molecule has 0 fully saturated rings. The predicted molar refractivity (Wildman–Crippen MR) is 84.7 cm³/mol.